The minimum atomic E-state index is -0.794. The maximum absolute atomic E-state index is 11.3. The highest BCUT2D eigenvalue weighted by atomic mass is 16.4. The molecule has 3 N–H and O–H groups in total. The fourth-order valence-electron chi connectivity index (χ4n) is 3.28. The van der Waals surface area contributed by atoms with E-state index in [2.05, 4.69) is 34.6 Å². The van der Waals surface area contributed by atoms with Crippen LogP contribution in [-0.2, 0) is 17.8 Å². The van der Waals surface area contributed by atoms with E-state index in [0.717, 1.165) is 33.3 Å². The Hall–Kier alpha value is -2.59. The predicted molar refractivity (Wildman–Crippen MR) is 85.7 cm³/mol. The Bertz CT molecular complexity index is 852. The molecule has 1 aliphatic rings. The van der Waals surface area contributed by atoms with Crippen LogP contribution >= 0.6 is 0 Å². The molecule has 0 amide bonds. The van der Waals surface area contributed by atoms with E-state index >= 15 is 0 Å². The molecular formula is C18H16N2O2. The van der Waals surface area contributed by atoms with E-state index < -0.39 is 12.0 Å². The first-order valence-electron chi connectivity index (χ1n) is 7.38. The molecule has 2 aromatic carbocycles. The summed E-state index contributed by atoms with van der Waals surface area (Å²) in [6.07, 6.45) is 0.508. The van der Waals surface area contributed by atoms with E-state index in [-0.39, 0.29) is 0 Å². The van der Waals surface area contributed by atoms with Crippen LogP contribution in [0.25, 0.3) is 22.0 Å². The van der Waals surface area contributed by atoms with Crippen molar-refractivity contribution in [2.75, 3.05) is 0 Å². The summed E-state index contributed by atoms with van der Waals surface area (Å²) in [6, 6.07) is 15.9. The van der Waals surface area contributed by atoms with Crippen molar-refractivity contribution in [3.8, 4) is 11.1 Å². The van der Waals surface area contributed by atoms with Crippen molar-refractivity contribution in [3.63, 3.8) is 0 Å². The minimum Gasteiger partial charge on any atom is -0.480 e. The maximum Gasteiger partial charge on any atom is 0.321 e. The Kier molecular flexibility index (Phi) is 2.98. The normalized spacial score (nSPS) is 17.4. The highest BCUT2D eigenvalue weighted by Crippen LogP contribution is 2.34. The number of carboxylic acid groups (broad SMARTS) is 1. The summed E-state index contributed by atoms with van der Waals surface area (Å²) in [5.74, 6) is -0.794. The summed E-state index contributed by atoms with van der Waals surface area (Å²) in [6.45, 7) is 0.565. The average molecular weight is 292 g/mol. The molecule has 22 heavy (non-hydrogen) atoms. The lowest BCUT2D eigenvalue weighted by Crippen LogP contribution is -2.41. The van der Waals surface area contributed by atoms with Gasteiger partial charge >= 0.3 is 5.97 Å². The molecule has 1 aliphatic heterocycles. The SMILES string of the molecule is O=C(O)C1Cc2c([nH]c3cccc(-c4ccccc4)c23)CN1. The largest absolute Gasteiger partial charge is 0.480 e. The van der Waals surface area contributed by atoms with E-state index in [4.69, 9.17) is 0 Å². The number of rotatable bonds is 2. The van der Waals surface area contributed by atoms with Crippen LogP contribution in [0.2, 0.25) is 0 Å². The van der Waals surface area contributed by atoms with Crippen molar-refractivity contribution in [2.45, 2.75) is 19.0 Å². The van der Waals surface area contributed by atoms with Gasteiger partial charge in [-0.05, 0) is 22.8 Å². The number of benzene rings is 2. The first-order chi connectivity index (χ1) is 10.7. The zero-order valence-corrected chi connectivity index (χ0v) is 12.0. The van der Waals surface area contributed by atoms with Gasteiger partial charge in [-0.15, -0.1) is 0 Å². The number of aliphatic carboxylic acids is 1. The van der Waals surface area contributed by atoms with Gasteiger partial charge in [0.1, 0.15) is 6.04 Å². The van der Waals surface area contributed by atoms with Gasteiger partial charge in [0.15, 0.2) is 0 Å². The molecule has 110 valence electrons. The third-order valence-corrected chi connectivity index (χ3v) is 4.33. The Morgan fingerprint density at radius 3 is 2.68 bits per heavy atom. The molecule has 4 rings (SSSR count). The van der Waals surface area contributed by atoms with Crippen molar-refractivity contribution >= 4 is 16.9 Å². The zero-order chi connectivity index (χ0) is 15.1. The minimum absolute atomic E-state index is 0.508. The standard InChI is InChI=1S/C18H16N2O2/c21-18(22)15-9-13-16(10-19-15)20-14-8-4-7-12(17(13)14)11-5-2-1-3-6-11/h1-8,15,19-20H,9-10H2,(H,21,22). The zero-order valence-electron chi connectivity index (χ0n) is 12.0. The van der Waals surface area contributed by atoms with Crippen molar-refractivity contribution < 1.29 is 9.90 Å². The van der Waals surface area contributed by atoms with Crippen LogP contribution in [0.4, 0.5) is 0 Å². The average Bonchev–Trinajstić information content (AvgIpc) is 2.93. The van der Waals surface area contributed by atoms with Gasteiger partial charge in [-0.1, -0.05) is 42.5 Å². The molecule has 4 nitrogen and oxygen atoms in total. The summed E-state index contributed by atoms with van der Waals surface area (Å²) < 4.78 is 0. The van der Waals surface area contributed by atoms with Crippen LogP contribution < -0.4 is 5.32 Å². The second-order valence-electron chi connectivity index (χ2n) is 5.65. The Morgan fingerprint density at radius 2 is 1.91 bits per heavy atom. The summed E-state index contributed by atoms with van der Waals surface area (Å²) in [7, 11) is 0. The number of hydrogen-bond donors (Lipinski definition) is 3. The number of fused-ring (bicyclic) bond motifs is 3. The lowest BCUT2D eigenvalue weighted by atomic mass is 9.93. The third kappa shape index (κ3) is 2.00. The van der Waals surface area contributed by atoms with Gasteiger partial charge in [0.05, 0.1) is 0 Å². The number of carbonyl (C=O) groups is 1. The summed E-state index contributed by atoms with van der Waals surface area (Å²) in [5.41, 5.74) is 5.60. The van der Waals surface area contributed by atoms with Gasteiger partial charge < -0.3 is 10.1 Å². The fraction of sp³-hybridized carbons (Fsp3) is 0.167. The molecule has 0 radical (unpaired) electrons. The molecule has 3 aromatic rings. The molecule has 0 spiro atoms. The predicted octanol–water partition coefficient (Wildman–Crippen LogP) is 2.93. The van der Waals surface area contributed by atoms with Crippen LogP contribution in [-0.4, -0.2) is 22.1 Å². The number of aromatic nitrogens is 1. The van der Waals surface area contributed by atoms with Crippen LogP contribution in [0.5, 0.6) is 0 Å². The van der Waals surface area contributed by atoms with E-state index in [1.807, 2.05) is 24.3 Å². The molecular weight excluding hydrogens is 276 g/mol. The molecule has 2 heterocycles. The Balaban J connectivity index is 1.93. The van der Waals surface area contributed by atoms with Crippen LogP contribution in [0.15, 0.2) is 48.5 Å². The van der Waals surface area contributed by atoms with Crippen LogP contribution in [0, 0.1) is 0 Å². The molecule has 1 aromatic heterocycles. The number of nitrogens with one attached hydrogen (secondary N) is 2. The Morgan fingerprint density at radius 1 is 1.09 bits per heavy atom. The Labute approximate surface area is 127 Å². The monoisotopic (exact) mass is 292 g/mol. The van der Waals surface area contributed by atoms with Crippen molar-refractivity contribution in [3.05, 3.63) is 59.8 Å². The van der Waals surface area contributed by atoms with Gasteiger partial charge in [-0.25, -0.2) is 0 Å². The fourth-order valence-corrected chi connectivity index (χ4v) is 3.28. The molecule has 1 unspecified atom stereocenters. The summed E-state index contributed by atoms with van der Waals surface area (Å²) in [4.78, 5) is 14.7. The molecule has 0 saturated carbocycles. The van der Waals surface area contributed by atoms with Crippen molar-refractivity contribution in [1.82, 2.24) is 10.3 Å². The van der Waals surface area contributed by atoms with Crippen molar-refractivity contribution in [1.29, 1.82) is 0 Å². The molecule has 4 heteroatoms. The number of carboxylic acids is 1. The smallest absolute Gasteiger partial charge is 0.321 e. The van der Waals surface area contributed by atoms with Crippen LogP contribution in [0.3, 0.4) is 0 Å². The summed E-state index contributed by atoms with van der Waals surface area (Å²) >= 11 is 0. The lowest BCUT2D eigenvalue weighted by Gasteiger charge is -2.21. The number of aromatic amines is 1. The molecule has 1 atom stereocenters. The van der Waals surface area contributed by atoms with Crippen LogP contribution in [0.1, 0.15) is 11.3 Å². The first kappa shape index (κ1) is 13.1. The molecule has 0 aliphatic carbocycles. The molecule has 0 fully saturated rings. The van der Waals surface area contributed by atoms with Gasteiger partial charge in [0.25, 0.3) is 0 Å². The maximum atomic E-state index is 11.3. The molecule has 0 bridgehead atoms. The highest BCUT2D eigenvalue weighted by Gasteiger charge is 2.27. The van der Waals surface area contributed by atoms with Gasteiger partial charge in [0, 0.05) is 29.6 Å². The topological polar surface area (TPSA) is 65.1 Å². The quantitative estimate of drug-likeness (QED) is 0.680. The molecule has 0 saturated heterocycles. The van der Waals surface area contributed by atoms with Gasteiger partial charge in [0.2, 0.25) is 0 Å². The third-order valence-electron chi connectivity index (χ3n) is 4.33. The van der Waals surface area contributed by atoms with E-state index in [0.29, 0.717) is 13.0 Å². The van der Waals surface area contributed by atoms with E-state index in [9.17, 15) is 9.90 Å². The van der Waals surface area contributed by atoms with E-state index in [1.54, 1.807) is 0 Å². The van der Waals surface area contributed by atoms with Gasteiger partial charge in [-0.2, -0.15) is 0 Å². The first-order valence-corrected chi connectivity index (χ1v) is 7.38. The second-order valence-corrected chi connectivity index (χ2v) is 5.65. The lowest BCUT2D eigenvalue weighted by molar-refractivity contribution is -0.139. The summed E-state index contributed by atoms with van der Waals surface area (Å²) in [5, 5.41) is 13.5. The van der Waals surface area contributed by atoms with Crippen molar-refractivity contribution in [2.24, 2.45) is 0 Å². The van der Waals surface area contributed by atoms with E-state index in [1.165, 1.54) is 0 Å². The second kappa shape index (κ2) is 5.00. The number of hydrogen-bond acceptors (Lipinski definition) is 2. The highest BCUT2D eigenvalue weighted by molar-refractivity contribution is 5.99. The van der Waals surface area contributed by atoms with Gasteiger partial charge in [-0.3, -0.25) is 10.1 Å². The number of H-pyrrole nitrogens is 1.